The first-order chi connectivity index (χ1) is 11.8. The van der Waals surface area contributed by atoms with Crippen LogP contribution < -0.4 is 10.2 Å². The zero-order chi connectivity index (χ0) is 16.8. The van der Waals surface area contributed by atoms with Gasteiger partial charge in [-0.1, -0.05) is 19.1 Å². The molecule has 1 aromatic carbocycles. The van der Waals surface area contributed by atoms with Gasteiger partial charge in [-0.15, -0.1) is 0 Å². The molecule has 1 aliphatic rings. The van der Waals surface area contributed by atoms with Crippen molar-refractivity contribution in [3.63, 3.8) is 0 Å². The second-order valence-corrected chi connectivity index (χ2v) is 6.32. The smallest absolute Gasteiger partial charge is 0.134 e. The lowest BCUT2D eigenvalue weighted by molar-refractivity contribution is 0.446. The molecule has 0 saturated carbocycles. The van der Waals surface area contributed by atoms with E-state index in [1.807, 2.05) is 18.2 Å². The molecular weight excluding hydrogens is 303 g/mol. The van der Waals surface area contributed by atoms with Crippen LogP contribution >= 0.6 is 0 Å². The summed E-state index contributed by atoms with van der Waals surface area (Å²) < 4.78 is 12.9. The van der Waals surface area contributed by atoms with Crippen molar-refractivity contribution in [3.05, 3.63) is 48.0 Å². The molecule has 4 nitrogen and oxygen atoms in total. The molecule has 1 saturated heterocycles. The Morgan fingerprint density at radius 3 is 2.83 bits per heavy atom. The van der Waals surface area contributed by atoms with Gasteiger partial charge in [0.2, 0.25) is 0 Å². The van der Waals surface area contributed by atoms with Crippen molar-refractivity contribution in [2.75, 3.05) is 23.3 Å². The highest BCUT2D eigenvalue weighted by Crippen LogP contribution is 2.25. The van der Waals surface area contributed by atoms with Gasteiger partial charge in [0.1, 0.15) is 23.8 Å². The van der Waals surface area contributed by atoms with Crippen LogP contribution in [0, 0.1) is 5.82 Å². The molecule has 128 valence electrons. The summed E-state index contributed by atoms with van der Waals surface area (Å²) >= 11 is 0. The minimum atomic E-state index is -0.195. The molecule has 1 fully saturated rings. The summed E-state index contributed by atoms with van der Waals surface area (Å²) in [6.07, 6.45) is 7.40. The van der Waals surface area contributed by atoms with Gasteiger partial charge in [-0.25, -0.2) is 14.4 Å². The number of hydrogen-bond acceptors (Lipinski definition) is 4. The molecule has 1 aliphatic heterocycles. The SMILES string of the molecule is CCC1CCCCN1c1cc(NCCc2ccc(F)cc2)ncn1. The Hall–Kier alpha value is -2.17. The highest BCUT2D eigenvalue weighted by molar-refractivity contribution is 5.49. The average Bonchev–Trinajstić information content (AvgIpc) is 2.63. The lowest BCUT2D eigenvalue weighted by Gasteiger charge is -2.36. The second-order valence-electron chi connectivity index (χ2n) is 6.32. The van der Waals surface area contributed by atoms with Gasteiger partial charge in [-0.05, 0) is 49.8 Å². The van der Waals surface area contributed by atoms with Crippen LogP contribution in [0.1, 0.15) is 38.2 Å². The number of nitrogens with one attached hydrogen (secondary N) is 1. The van der Waals surface area contributed by atoms with E-state index in [-0.39, 0.29) is 5.82 Å². The number of aromatic nitrogens is 2. The van der Waals surface area contributed by atoms with Crippen LogP contribution in [-0.4, -0.2) is 29.1 Å². The zero-order valence-electron chi connectivity index (χ0n) is 14.2. The van der Waals surface area contributed by atoms with Gasteiger partial charge in [0.25, 0.3) is 0 Å². The number of rotatable bonds is 6. The molecule has 0 spiro atoms. The van der Waals surface area contributed by atoms with Crippen LogP contribution in [0.4, 0.5) is 16.0 Å². The van der Waals surface area contributed by atoms with Crippen molar-refractivity contribution in [2.24, 2.45) is 0 Å². The van der Waals surface area contributed by atoms with Crippen molar-refractivity contribution in [2.45, 2.75) is 45.1 Å². The first kappa shape index (κ1) is 16.7. The third-order valence-electron chi connectivity index (χ3n) is 4.68. The third kappa shape index (κ3) is 4.22. The van der Waals surface area contributed by atoms with Gasteiger partial charge < -0.3 is 10.2 Å². The maximum Gasteiger partial charge on any atom is 0.134 e. The Morgan fingerprint density at radius 1 is 1.21 bits per heavy atom. The summed E-state index contributed by atoms with van der Waals surface area (Å²) in [5, 5.41) is 3.35. The predicted octanol–water partition coefficient (Wildman–Crippen LogP) is 4.04. The second kappa shape index (κ2) is 8.08. The zero-order valence-corrected chi connectivity index (χ0v) is 14.2. The average molecular weight is 328 g/mol. The van der Waals surface area contributed by atoms with Gasteiger partial charge in [0.15, 0.2) is 0 Å². The van der Waals surface area contributed by atoms with E-state index in [0.717, 1.165) is 43.1 Å². The topological polar surface area (TPSA) is 41.0 Å². The molecule has 3 rings (SSSR count). The van der Waals surface area contributed by atoms with Gasteiger partial charge in [0.05, 0.1) is 0 Å². The predicted molar refractivity (Wildman–Crippen MR) is 95.9 cm³/mol. The number of benzene rings is 1. The maximum absolute atomic E-state index is 12.9. The number of nitrogens with zero attached hydrogens (tertiary/aromatic N) is 3. The summed E-state index contributed by atoms with van der Waals surface area (Å²) in [6.45, 7) is 4.08. The van der Waals surface area contributed by atoms with E-state index >= 15 is 0 Å². The normalized spacial score (nSPS) is 17.8. The van der Waals surface area contributed by atoms with Crippen molar-refractivity contribution in [1.82, 2.24) is 9.97 Å². The minimum Gasteiger partial charge on any atom is -0.370 e. The number of hydrogen-bond donors (Lipinski definition) is 1. The summed E-state index contributed by atoms with van der Waals surface area (Å²) in [7, 11) is 0. The van der Waals surface area contributed by atoms with E-state index in [2.05, 4.69) is 27.1 Å². The van der Waals surface area contributed by atoms with E-state index in [0.29, 0.717) is 6.04 Å². The molecule has 0 radical (unpaired) electrons. The fourth-order valence-corrected chi connectivity index (χ4v) is 3.31. The summed E-state index contributed by atoms with van der Waals surface area (Å²) in [6, 6.07) is 9.27. The maximum atomic E-state index is 12.9. The van der Waals surface area contributed by atoms with Crippen LogP contribution in [0.15, 0.2) is 36.7 Å². The molecule has 1 N–H and O–H groups in total. The van der Waals surface area contributed by atoms with Gasteiger partial charge in [0, 0.05) is 25.2 Å². The van der Waals surface area contributed by atoms with Crippen LogP contribution in [0.2, 0.25) is 0 Å². The van der Waals surface area contributed by atoms with Crippen LogP contribution in [0.5, 0.6) is 0 Å². The minimum absolute atomic E-state index is 0.195. The summed E-state index contributed by atoms with van der Waals surface area (Å²) in [5.41, 5.74) is 1.11. The first-order valence-corrected chi connectivity index (χ1v) is 8.83. The molecule has 1 atom stereocenters. The van der Waals surface area contributed by atoms with E-state index in [1.165, 1.54) is 31.4 Å². The van der Waals surface area contributed by atoms with Gasteiger partial charge in [-0.3, -0.25) is 0 Å². The number of anilines is 2. The Bertz CT molecular complexity index is 644. The molecule has 0 amide bonds. The Labute approximate surface area is 143 Å². The lowest BCUT2D eigenvalue weighted by atomic mass is 10.0. The van der Waals surface area contributed by atoms with Gasteiger partial charge in [-0.2, -0.15) is 0 Å². The molecule has 0 bridgehead atoms. The van der Waals surface area contributed by atoms with E-state index < -0.39 is 0 Å². The molecular formula is C19H25FN4. The standard InChI is InChI=1S/C19H25FN4/c1-2-17-5-3-4-12-24(17)19-13-18(22-14-23-19)21-11-10-15-6-8-16(20)9-7-15/h6-9,13-14,17H,2-5,10-12H2,1H3,(H,21,22,23). The summed E-state index contributed by atoms with van der Waals surface area (Å²) in [4.78, 5) is 11.2. The molecule has 2 heterocycles. The molecule has 24 heavy (non-hydrogen) atoms. The Kier molecular flexibility index (Phi) is 5.62. The van der Waals surface area contributed by atoms with Crippen molar-refractivity contribution >= 4 is 11.6 Å². The monoisotopic (exact) mass is 328 g/mol. The van der Waals surface area contributed by atoms with Crippen LogP contribution in [0.25, 0.3) is 0 Å². The highest BCUT2D eigenvalue weighted by atomic mass is 19.1. The molecule has 1 unspecified atom stereocenters. The Balaban J connectivity index is 1.59. The molecule has 2 aromatic rings. The molecule has 0 aliphatic carbocycles. The lowest BCUT2D eigenvalue weighted by Crippen LogP contribution is -2.39. The Morgan fingerprint density at radius 2 is 2.04 bits per heavy atom. The van der Waals surface area contributed by atoms with E-state index in [9.17, 15) is 4.39 Å². The quantitative estimate of drug-likeness (QED) is 0.869. The van der Waals surface area contributed by atoms with Crippen molar-refractivity contribution in [3.8, 4) is 0 Å². The van der Waals surface area contributed by atoms with Crippen molar-refractivity contribution < 1.29 is 4.39 Å². The highest BCUT2D eigenvalue weighted by Gasteiger charge is 2.22. The fraction of sp³-hybridized carbons (Fsp3) is 0.474. The fourth-order valence-electron chi connectivity index (χ4n) is 3.31. The van der Waals surface area contributed by atoms with E-state index in [1.54, 1.807) is 6.33 Å². The van der Waals surface area contributed by atoms with E-state index in [4.69, 9.17) is 0 Å². The molecule has 5 heteroatoms. The molecule has 1 aromatic heterocycles. The van der Waals surface area contributed by atoms with Crippen LogP contribution in [-0.2, 0) is 6.42 Å². The van der Waals surface area contributed by atoms with Crippen LogP contribution in [0.3, 0.4) is 0 Å². The van der Waals surface area contributed by atoms with Crippen molar-refractivity contribution in [1.29, 1.82) is 0 Å². The summed E-state index contributed by atoms with van der Waals surface area (Å²) in [5.74, 6) is 1.67. The third-order valence-corrected chi connectivity index (χ3v) is 4.68. The first-order valence-electron chi connectivity index (χ1n) is 8.83. The largest absolute Gasteiger partial charge is 0.370 e. The number of halogens is 1. The van der Waals surface area contributed by atoms with Gasteiger partial charge >= 0.3 is 0 Å². The number of piperidine rings is 1.